The molecule has 0 saturated heterocycles. The Balaban J connectivity index is 2.52. The molecule has 5 nitrogen and oxygen atoms in total. The summed E-state index contributed by atoms with van der Waals surface area (Å²) >= 11 is 3.24. The average Bonchev–Trinajstić information content (AvgIpc) is 2.34. The zero-order chi connectivity index (χ0) is 14.9. The van der Waals surface area contributed by atoms with E-state index in [1.807, 2.05) is 0 Å². The molecular formula is C12H11BrFN3O2S. The third-order valence-corrected chi connectivity index (χ3v) is 4.15. The first kappa shape index (κ1) is 14.8. The molecule has 0 fully saturated rings. The number of anilines is 3. The van der Waals surface area contributed by atoms with Crippen molar-refractivity contribution in [3.63, 3.8) is 0 Å². The third kappa shape index (κ3) is 3.27. The van der Waals surface area contributed by atoms with Crippen LogP contribution in [0.15, 0.2) is 45.8 Å². The quantitative estimate of drug-likeness (QED) is 0.733. The van der Waals surface area contributed by atoms with E-state index in [2.05, 4.69) is 21.2 Å². The molecule has 0 saturated carbocycles. The Morgan fingerprint density at radius 1 is 1.10 bits per heavy atom. The van der Waals surface area contributed by atoms with Gasteiger partial charge in [0.15, 0.2) is 0 Å². The molecule has 2 aromatic carbocycles. The van der Waals surface area contributed by atoms with Crippen LogP contribution in [-0.2, 0) is 10.0 Å². The molecule has 0 atom stereocenters. The normalized spacial score (nSPS) is 11.3. The molecule has 2 rings (SSSR count). The van der Waals surface area contributed by atoms with Crippen LogP contribution in [0.2, 0.25) is 0 Å². The van der Waals surface area contributed by atoms with Crippen molar-refractivity contribution < 1.29 is 12.8 Å². The van der Waals surface area contributed by atoms with Crippen molar-refractivity contribution in [1.82, 2.24) is 0 Å². The van der Waals surface area contributed by atoms with Crippen molar-refractivity contribution >= 4 is 43.0 Å². The molecule has 0 amide bonds. The number of hydrogen-bond donors (Lipinski definition) is 3. The molecule has 0 aliphatic heterocycles. The fraction of sp³-hybridized carbons (Fsp3) is 0. The number of nitrogens with one attached hydrogen (secondary N) is 1. The first-order valence-corrected chi connectivity index (χ1v) is 7.76. The Labute approximate surface area is 124 Å². The molecule has 0 radical (unpaired) electrons. The highest BCUT2D eigenvalue weighted by molar-refractivity contribution is 9.10. The lowest BCUT2D eigenvalue weighted by molar-refractivity contribution is 0.598. The summed E-state index contributed by atoms with van der Waals surface area (Å²) in [6.07, 6.45) is 0. The van der Waals surface area contributed by atoms with Crippen molar-refractivity contribution in [2.75, 3.05) is 11.1 Å². The van der Waals surface area contributed by atoms with E-state index < -0.39 is 15.8 Å². The molecule has 0 spiro atoms. The zero-order valence-electron chi connectivity index (χ0n) is 10.1. The van der Waals surface area contributed by atoms with Gasteiger partial charge >= 0.3 is 0 Å². The van der Waals surface area contributed by atoms with Crippen LogP contribution in [0, 0.1) is 5.82 Å². The number of primary sulfonamides is 1. The first-order valence-electron chi connectivity index (χ1n) is 5.42. The molecule has 0 aliphatic carbocycles. The summed E-state index contributed by atoms with van der Waals surface area (Å²) < 4.78 is 36.9. The van der Waals surface area contributed by atoms with E-state index >= 15 is 0 Å². The summed E-state index contributed by atoms with van der Waals surface area (Å²) in [6, 6.07) is 8.24. The summed E-state index contributed by atoms with van der Waals surface area (Å²) in [4.78, 5) is -0.159. The topological polar surface area (TPSA) is 98.2 Å². The Morgan fingerprint density at radius 2 is 1.80 bits per heavy atom. The zero-order valence-corrected chi connectivity index (χ0v) is 12.5. The van der Waals surface area contributed by atoms with Gasteiger partial charge in [0.05, 0.1) is 11.4 Å². The second kappa shape index (κ2) is 5.39. The van der Waals surface area contributed by atoms with Crippen LogP contribution in [0.4, 0.5) is 21.5 Å². The van der Waals surface area contributed by atoms with Crippen LogP contribution >= 0.6 is 15.9 Å². The minimum atomic E-state index is -3.95. The van der Waals surface area contributed by atoms with E-state index in [0.717, 1.165) is 0 Å². The molecule has 0 bridgehead atoms. The van der Waals surface area contributed by atoms with E-state index in [-0.39, 0.29) is 16.3 Å². The number of rotatable bonds is 3. The van der Waals surface area contributed by atoms with Crippen LogP contribution in [0.3, 0.4) is 0 Å². The van der Waals surface area contributed by atoms with Gasteiger partial charge in [-0.2, -0.15) is 0 Å². The van der Waals surface area contributed by atoms with Gasteiger partial charge < -0.3 is 11.1 Å². The van der Waals surface area contributed by atoms with Crippen LogP contribution in [0.5, 0.6) is 0 Å². The molecule has 5 N–H and O–H groups in total. The summed E-state index contributed by atoms with van der Waals surface area (Å²) in [5.41, 5.74) is 6.41. The SMILES string of the molecule is Nc1ccc(Nc2cc(F)ccc2Br)c(S(N)(=O)=O)c1. The Kier molecular flexibility index (Phi) is 3.98. The fourth-order valence-electron chi connectivity index (χ4n) is 1.62. The highest BCUT2D eigenvalue weighted by Gasteiger charge is 2.15. The lowest BCUT2D eigenvalue weighted by Crippen LogP contribution is -2.14. The summed E-state index contributed by atoms with van der Waals surface area (Å²) in [5.74, 6) is -0.455. The number of nitrogen functional groups attached to an aromatic ring is 1. The maximum atomic E-state index is 13.2. The predicted octanol–water partition coefficient (Wildman–Crippen LogP) is 2.56. The molecule has 0 aliphatic rings. The largest absolute Gasteiger partial charge is 0.399 e. The van der Waals surface area contributed by atoms with Gasteiger partial charge in [-0.05, 0) is 52.3 Å². The van der Waals surface area contributed by atoms with Crippen molar-refractivity contribution in [3.8, 4) is 0 Å². The van der Waals surface area contributed by atoms with E-state index in [4.69, 9.17) is 10.9 Å². The summed E-state index contributed by atoms with van der Waals surface area (Å²) in [5, 5.41) is 7.95. The number of hydrogen-bond acceptors (Lipinski definition) is 4. The van der Waals surface area contributed by atoms with Crippen LogP contribution < -0.4 is 16.2 Å². The summed E-state index contributed by atoms with van der Waals surface area (Å²) in [6.45, 7) is 0. The summed E-state index contributed by atoms with van der Waals surface area (Å²) in [7, 11) is -3.95. The number of halogens is 2. The minimum Gasteiger partial charge on any atom is -0.399 e. The van der Waals surface area contributed by atoms with Gasteiger partial charge in [0.25, 0.3) is 0 Å². The Morgan fingerprint density at radius 3 is 2.45 bits per heavy atom. The van der Waals surface area contributed by atoms with Crippen LogP contribution in [0.1, 0.15) is 0 Å². The van der Waals surface area contributed by atoms with Gasteiger partial charge in [-0.3, -0.25) is 0 Å². The van der Waals surface area contributed by atoms with Gasteiger partial charge in [-0.1, -0.05) is 0 Å². The number of sulfonamides is 1. The van der Waals surface area contributed by atoms with E-state index in [1.54, 1.807) is 0 Å². The van der Waals surface area contributed by atoms with Gasteiger partial charge in [-0.15, -0.1) is 0 Å². The highest BCUT2D eigenvalue weighted by atomic mass is 79.9. The maximum Gasteiger partial charge on any atom is 0.240 e. The Bertz CT molecular complexity index is 765. The smallest absolute Gasteiger partial charge is 0.240 e. The lowest BCUT2D eigenvalue weighted by atomic mass is 10.2. The van der Waals surface area contributed by atoms with Gasteiger partial charge in [0, 0.05) is 10.2 Å². The number of nitrogens with two attached hydrogens (primary N) is 2. The van der Waals surface area contributed by atoms with Gasteiger partial charge in [0.1, 0.15) is 10.7 Å². The predicted molar refractivity (Wildman–Crippen MR) is 79.6 cm³/mol. The molecule has 8 heteroatoms. The van der Waals surface area contributed by atoms with Crippen molar-refractivity contribution in [2.24, 2.45) is 5.14 Å². The van der Waals surface area contributed by atoms with Gasteiger partial charge in [0.2, 0.25) is 10.0 Å². The Hall–Kier alpha value is -1.64. The molecule has 20 heavy (non-hydrogen) atoms. The van der Waals surface area contributed by atoms with Gasteiger partial charge in [-0.25, -0.2) is 17.9 Å². The number of benzene rings is 2. The second-order valence-electron chi connectivity index (χ2n) is 4.05. The van der Waals surface area contributed by atoms with Crippen LogP contribution in [0.25, 0.3) is 0 Å². The van der Waals surface area contributed by atoms with Crippen molar-refractivity contribution in [1.29, 1.82) is 0 Å². The molecular weight excluding hydrogens is 349 g/mol. The van der Waals surface area contributed by atoms with Crippen molar-refractivity contribution in [3.05, 3.63) is 46.7 Å². The molecule has 2 aromatic rings. The van der Waals surface area contributed by atoms with E-state index in [9.17, 15) is 12.8 Å². The monoisotopic (exact) mass is 359 g/mol. The average molecular weight is 360 g/mol. The van der Waals surface area contributed by atoms with Crippen LogP contribution in [-0.4, -0.2) is 8.42 Å². The van der Waals surface area contributed by atoms with E-state index in [0.29, 0.717) is 10.2 Å². The second-order valence-corrected chi connectivity index (χ2v) is 6.43. The van der Waals surface area contributed by atoms with E-state index in [1.165, 1.54) is 36.4 Å². The minimum absolute atomic E-state index is 0.159. The molecule has 0 unspecified atom stereocenters. The fourth-order valence-corrected chi connectivity index (χ4v) is 2.69. The third-order valence-electron chi connectivity index (χ3n) is 2.51. The maximum absolute atomic E-state index is 13.2. The molecule has 0 heterocycles. The molecule has 0 aromatic heterocycles. The standard InChI is InChI=1S/C12H11BrFN3O2S/c13-9-3-1-7(14)5-11(9)17-10-4-2-8(15)6-12(10)20(16,18)19/h1-6,17H,15H2,(H2,16,18,19). The van der Waals surface area contributed by atoms with Crippen molar-refractivity contribution in [2.45, 2.75) is 4.90 Å². The highest BCUT2D eigenvalue weighted by Crippen LogP contribution is 2.30. The lowest BCUT2D eigenvalue weighted by Gasteiger charge is -2.13. The first-order chi connectivity index (χ1) is 9.27. The molecule has 106 valence electrons.